The number of aliphatic hydroxyl groups is 1. The fraction of sp³-hybridized carbons (Fsp3) is 1.00. The highest BCUT2D eigenvalue weighted by Crippen LogP contribution is 2.67. The van der Waals surface area contributed by atoms with E-state index in [4.69, 9.17) is 0 Å². The zero-order valence-electron chi connectivity index (χ0n) is 7.72. The third kappa shape index (κ3) is 1.01. The van der Waals surface area contributed by atoms with Crippen molar-refractivity contribution in [1.29, 1.82) is 0 Å². The van der Waals surface area contributed by atoms with Gasteiger partial charge in [-0.25, -0.2) is 0 Å². The Hall–Kier alpha value is -0.0400. The summed E-state index contributed by atoms with van der Waals surface area (Å²) in [5.41, 5.74) is 0.896. The highest BCUT2D eigenvalue weighted by Gasteiger charge is 2.60. The molecule has 2 fully saturated rings. The zero-order valence-corrected chi connectivity index (χ0v) is 7.72. The second-order valence-corrected chi connectivity index (χ2v) is 5.46. The van der Waals surface area contributed by atoms with Gasteiger partial charge in [0.1, 0.15) is 0 Å². The van der Waals surface area contributed by atoms with Crippen molar-refractivity contribution in [1.82, 2.24) is 0 Å². The molecule has 0 saturated heterocycles. The minimum absolute atomic E-state index is 0.0336. The van der Waals surface area contributed by atoms with Gasteiger partial charge in [0, 0.05) is 0 Å². The molecule has 1 N–H and O–H groups in total. The number of hydrogen-bond acceptors (Lipinski definition) is 1. The summed E-state index contributed by atoms with van der Waals surface area (Å²) in [6, 6.07) is 0. The van der Waals surface area contributed by atoms with Gasteiger partial charge >= 0.3 is 0 Å². The van der Waals surface area contributed by atoms with Crippen LogP contribution in [0.25, 0.3) is 0 Å². The second kappa shape index (κ2) is 1.82. The van der Waals surface area contributed by atoms with Crippen molar-refractivity contribution in [3.05, 3.63) is 0 Å². The maximum absolute atomic E-state index is 9.61. The largest absolute Gasteiger partial charge is 0.393 e. The fourth-order valence-corrected chi connectivity index (χ4v) is 3.21. The standard InChI is InChI=1S/C10H18O/c1-9(2)4-7(11)5-10(3)6-8(9)10/h7-8,11H,4-6H2,1-3H3/t7-,8+,10+/m0/s1. The summed E-state index contributed by atoms with van der Waals surface area (Å²) in [5, 5.41) is 9.61. The Morgan fingerprint density at radius 3 is 2.27 bits per heavy atom. The quantitative estimate of drug-likeness (QED) is 0.567. The Morgan fingerprint density at radius 1 is 1.09 bits per heavy atom. The number of hydrogen-bond donors (Lipinski definition) is 1. The lowest BCUT2D eigenvalue weighted by Gasteiger charge is -2.36. The summed E-state index contributed by atoms with van der Waals surface area (Å²) in [5.74, 6) is 0.887. The first-order valence-electron chi connectivity index (χ1n) is 4.62. The molecule has 3 atom stereocenters. The molecule has 0 unspecified atom stereocenters. The van der Waals surface area contributed by atoms with E-state index in [1.54, 1.807) is 0 Å². The van der Waals surface area contributed by atoms with Crippen molar-refractivity contribution in [3.8, 4) is 0 Å². The van der Waals surface area contributed by atoms with Crippen LogP contribution in [0.1, 0.15) is 40.0 Å². The molecule has 2 rings (SSSR count). The Bertz CT molecular complexity index is 185. The SMILES string of the molecule is CC1(C)C[C@H](O)C[C@]2(C)C[C@H]12. The smallest absolute Gasteiger partial charge is 0.0550 e. The molecule has 2 aliphatic rings. The van der Waals surface area contributed by atoms with E-state index >= 15 is 0 Å². The first-order chi connectivity index (χ1) is 4.94. The molecule has 2 aliphatic carbocycles. The van der Waals surface area contributed by atoms with Crippen LogP contribution in [0, 0.1) is 16.7 Å². The van der Waals surface area contributed by atoms with Crippen LogP contribution in [-0.2, 0) is 0 Å². The van der Waals surface area contributed by atoms with E-state index in [1.165, 1.54) is 6.42 Å². The molecule has 1 heteroatoms. The molecule has 0 aromatic heterocycles. The summed E-state index contributed by atoms with van der Waals surface area (Å²) in [4.78, 5) is 0. The lowest BCUT2D eigenvalue weighted by Crippen LogP contribution is -2.32. The molecule has 0 aliphatic heterocycles. The van der Waals surface area contributed by atoms with Crippen molar-refractivity contribution in [2.45, 2.75) is 46.1 Å². The van der Waals surface area contributed by atoms with E-state index in [2.05, 4.69) is 20.8 Å². The third-order valence-corrected chi connectivity index (χ3v) is 3.76. The van der Waals surface area contributed by atoms with Gasteiger partial charge in [-0.15, -0.1) is 0 Å². The van der Waals surface area contributed by atoms with Gasteiger partial charge in [-0.05, 0) is 36.0 Å². The molecular formula is C10H18O. The zero-order chi connectivity index (χ0) is 8.28. The molecule has 0 amide bonds. The Morgan fingerprint density at radius 2 is 1.73 bits per heavy atom. The highest BCUT2D eigenvalue weighted by atomic mass is 16.3. The summed E-state index contributed by atoms with van der Waals surface area (Å²) in [6.45, 7) is 6.92. The fourth-order valence-electron chi connectivity index (χ4n) is 3.21. The summed E-state index contributed by atoms with van der Waals surface area (Å²) >= 11 is 0. The van der Waals surface area contributed by atoms with Crippen molar-refractivity contribution < 1.29 is 5.11 Å². The van der Waals surface area contributed by atoms with E-state index in [-0.39, 0.29) is 6.10 Å². The van der Waals surface area contributed by atoms with Gasteiger partial charge in [-0.1, -0.05) is 20.8 Å². The number of rotatable bonds is 0. The third-order valence-electron chi connectivity index (χ3n) is 3.76. The van der Waals surface area contributed by atoms with Crippen molar-refractivity contribution in [2.75, 3.05) is 0 Å². The van der Waals surface area contributed by atoms with Gasteiger partial charge in [0.25, 0.3) is 0 Å². The van der Waals surface area contributed by atoms with E-state index in [0.717, 1.165) is 18.8 Å². The predicted octanol–water partition coefficient (Wildman–Crippen LogP) is 2.19. The van der Waals surface area contributed by atoms with Crippen LogP contribution in [0.3, 0.4) is 0 Å². The number of aliphatic hydroxyl groups excluding tert-OH is 1. The van der Waals surface area contributed by atoms with Crippen LogP contribution in [0.15, 0.2) is 0 Å². The molecule has 0 aromatic carbocycles. The Kier molecular flexibility index (Phi) is 1.26. The van der Waals surface area contributed by atoms with Crippen LogP contribution in [0.2, 0.25) is 0 Å². The molecule has 1 nitrogen and oxygen atoms in total. The van der Waals surface area contributed by atoms with Gasteiger partial charge in [-0.3, -0.25) is 0 Å². The topological polar surface area (TPSA) is 20.2 Å². The Balaban J connectivity index is 2.18. The van der Waals surface area contributed by atoms with E-state index in [1.807, 2.05) is 0 Å². The van der Waals surface area contributed by atoms with Crippen LogP contribution in [-0.4, -0.2) is 11.2 Å². The van der Waals surface area contributed by atoms with Gasteiger partial charge in [0.05, 0.1) is 6.10 Å². The molecule has 11 heavy (non-hydrogen) atoms. The minimum Gasteiger partial charge on any atom is -0.393 e. The summed E-state index contributed by atoms with van der Waals surface area (Å²) in [6.07, 6.45) is 3.36. The van der Waals surface area contributed by atoms with Crippen LogP contribution in [0.5, 0.6) is 0 Å². The molecule has 64 valence electrons. The lowest BCUT2D eigenvalue weighted by atomic mass is 9.72. The summed E-state index contributed by atoms with van der Waals surface area (Å²) in [7, 11) is 0. The minimum atomic E-state index is -0.0336. The average molecular weight is 154 g/mol. The van der Waals surface area contributed by atoms with Gasteiger partial charge in [-0.2, -0.15) is 0 Å². The van der Waals surface area contributed by atoms with Gasteiger partial charge < -0.3 is 5.11 Å². The molecule has 2 saturated carbocycles. The van der Waals surface area contributed by atoms with E-state index < -0.39 is 0 Å². The maximum atomic E-state index is 9.61. The summed E-state index contributed by atoms with van der Waals surface area (Å²) < 4.78 is 0. The van der Waals surface area contributed by atoms with E-state index in [0.29, 0.717) is 10.8 Å². The lowest BCUT2D eigenvalue weighted by molar-refractivity contribution is 0.0344. The second-order valence-electron chi connectivity index (χ2n) is 5.46. The van der Waals surface area contributed by atoms with E-state index in [9.17, 15) is 5.11 Å². The number of fused-ring (bicyclic) bond motifs is 1. The van der Waals surface area contributed by atoms with Crippen LogP contribution in [0.4, 0.5) is 0 Å². The maximum Gasteiger partial charge on any atom is 0.0550 e. The predicted molar refractivity (Wildman–Crippen MR) is 45.2 cm³/mol. The van der Waals surface area contributed by atoms with Gasteiger partial charge in [0.15, 0.2) is 0 Å². The molecular weight excluding hydrogens is 136 g/mol. The highest BCUT2D eigenvalue weighted by molar-refractivity contribution is 5.10. The van der Waals surface area contributed by atoms with Gasteiger partial charge in [0.2, 0.25) is 0 Å². The van der Waals surface area contributed by atoms with Crippen molar-refractivity contribution >= 4 is 0 Å². The molecule has 0 spiro atoms. The van der Waals surface area contributed by atoms with Crippen molar-refractivity contribution in [2.24, 2.45) is 16.7 Å². The normalized spacial score (nSPS) is 53.5. The molecule has 0 bridgehead atoms. The monoisotopic (exact) mass is 154 g/mol. The Labute approximate surface area is 68.8 Å². The van der Waals surface area contributed by atoms with Crippen LogP contribution < -0.4 is 0 Å². The first-order valence-corrected chi connectivity index (χ1v) is 4.62. The van der Waals surface area contributed by atoms with Crippen molar-refractivity contribution in [3.63, 3.8) is 0 Å². The molecule has 0 radical (unpaired) electrons. The first kappa shape index (κ1) is 7.60. The van der Waals surface area contributed by atoms with Crippen LogP contribution >= 0.6 is 0 Å². The average Bonchev–Trinajstić information content (AvgIpc) is 2.37. The molecule has 0 heterocycles. The molecule has 0 aromatic rings.